The molecule has 0 N–H and O–H groups in total. The molecule has 0 aromatic carbocycles. The zero-order valence-electron chi connectivity index (χ0n) is 8.18. The quantitative estimate of drug-likeness (QED) is 0.615. The van der Waals surface area contributed by atoms with Crippen molar-refractivity contribution < 1.29 is 22.3 Å². The molecular weight excluding hydrogens is 355 g/mol. The Balaban J connectivity index is 3.16. The maximum atomic E-state index is 12.6. The Kier molecular flexibility index (Phi) is 4.50. The van der Waals surface area contributed by atoms with E-state index in [0.717, 1.165) is 6.07 Å². The Morgan fingerprint density at radius 1 is 1.47 bits per heavy atom. The van der Waals surface area contributed by atoms with Gasteiger partial charge in [0, 0.05) is 15.2 Å². The summed E-state index contributed by atoms with van der Waals surface area (Å²) < 4.78 is 52.4. The van der Waals surface area contributed by atoms with Crippen molar-refractivity contribution in [1.82, 2.24) is 4.98 Å². The summed E-state index contributed by atoms with van der Waals surface area (Å²) in [5, 5.41) is 8.48. The van der Waals surface area contributed by atoms with Gasteiger partial charge in [0.05, 0.1) is 18.2 Å². The molecule has 0 unspecified atom stereocenters. The van der Waals surface area contributed by atoms with E-state index in [9.17, 15) is 17.6 Å². The first-order valence-corrected chi connectivity index (χ1v) is 5.32. The van der Waals surface area contributed by atoms with Gasteiger partial charge in [-0.25, -0.2) is 9.37 Å². The van der Waals surface area contributed by atoms with Gasteiger partial charge in [-0.3, -0.25) is 0 Å². The minimum absolute atomic E-state index is 0.0186. The lowest BCUT2D eigenvalue weighted by molar-refractivity contribution is -0.276. The Hall–Kier alpha value is -1.11. The van der Waals surface area contributed by atoms with Crippen molar-refractivity contribution >= 4 is 22.6 Å². The fourth-order valence-corrected chi connectivity index (χ4v) is 1.68. The second-order valence-corrected chi connectivity index (χ2v) is 3.98. The molecule has 0 atom stereocenters. The molecule has 8 heteroatoms. The van der Waals surface area contributed by atoms with Crippen LogP contribution in [0.15, 0.2) is 6.07 Å². The molecule has 3 nitrogen and oxygen atoms in total. The average molecular weight is 360 g/mol. The first-order chi connectivity index (χ1) is 7.87. The molecule has 1 rings (SSSR count). The number of pyridine rings is 1. The molecule has 0 aliphatic rings. The van der Waals surface area contributed by atoms with Crippen LogP contribution in [0.1, 0.15) is 11.3 Å². The van der Waals surface area contributed by atoms with Crippen molar-refractivity contribution in [3.05, 3.63) is 20.9 Å². The van der Waals surface area contributed by atoms with Crippen LogP contribution in [0.4, 0.5) is 17.6 Å². The Morgan fingerprint density at radius 3 is 2.59 bits per heavy atom. The first-order valence-electron chi connectivity index (χ1n) is 4.24. The van der Waals surface area contributed by atoms with E-state index in [1.54, 1.807) is 28.7 Å². The number of aromatic nitrogens is 1. The van der Waals surface area contributed by atoms with Gasteiger partial charge in [-0.15, -0.1) is 13.2 Å². The summed E-state index contributed by atoms with van der Waals surface area (Å²) in [5.74, 6) is -0.754. The SMILES string of the molecule is N#CCc1nc(OC(F)(F)F)cc(CF)c1I. The summed E-state index contributed by atoms with van der Waals surface area (Å²) in [5.41, 5.74) is 0.0904. The van der Waals surface area contributed by atoms with Gasteiger partial charge in [0.2, 0.25) is 5.88 Å². The molecule has 1 aromatic heterocycles. The molecule has 0 amide bonds. The summed E-state index contributed by atoms with van der Waals surface area (Å²) in [6, 6.07) is 2.61. The summed E-state index contributed by atoms with van der Waals surface area (Å²) in [6.45, 7) is -0.951. The molecule has 1 aromatic rings. The Bertz CT molecular complexity index is 456. The largest absolute Gasteiger partial charge is 0.574 e. The molecule has 1 heterocycles. The van der Waals surface area contributed by atoms with E-state index in [4.69, 9.17) is 5.26 Å². The second kappa shape index (κ2) is 5.48. The standard InChI is InChI=1S/C9H5F4IN2O/c10-4-5-3-7(17-9(11,12)13)16-6(1-2-15)8(5)14/h3H,1,4H2. The van der Waals surface area contributed by atoms with Gasteiger partial charge in [-0.1, -0.05) is 0 Å². The van der Waals surface area contributed by atoms with E-state index in [-0.39, 0.29) is 17.7 Å². The van der Waals surface area contributed by atoms with E-state index < -0.39 is 18.9 Å². The molecule has 0 spiro atoms. The van der Waals surface area contributed by atoms with Crippen LogP contribution in [0.2, 0.25) is 0 Å². The molecule has 0 radical (unpaired) electrons. The number of hydrogen-bond acceptors (Lipinski definition) is 3. The van der Waals surface area contributed by atoms with Crippen molar-refractivity contribution in [2.75, 3.05) is 0 Å². The molecule has 92 valence electrons. The topological polar surface area (TPSA) is 45.9 Å². The maximum absolute atomic E-state index is 12.6. The van der Waals surface area contributed by atoms with Gasteiger partial charge in [-0.05, 0) is 22.6 Å². The summed E-state index contributed by atoms with van der Waals surface area (Å²) in [6.07, 6.45) is -5.10. The van der Waals surface area contributed by atoms with Crippen LogP contribution in [0.5, 0.6) is 5.88 Å². The zero-order valence-corrected chi connectivity index (χ0v) is 10.3. The lowest BCUT2D eigenvalue weighted by Gasteiger charge is -2.11. The predicted octanol–water partition coefficient (Wildman–Crippen LogP) is 3.12. The monoisotopic (exact) mass is 360 g/mol. The van der Waals surface area contributed by atoms with Crippen molar-refractivity contribution in [2.45, 2.75) is 19.5 Å². The van der Waals surface area contributed by atoms with E-state index in [1.807, 2.05) is 0 Å². The highest BCUT2D eigenvalue weighted by Crippen LogP contribution is 2.26. The normalized spacial score (nSPS) is 11.1. The van der Waals surface area contributed by atoms with Crippen LogP contribution in [-0.4, -0.2) is 11.3 Å². The fraction of sp³-hybridized carbons (Fsp3) is 0.333. The van der Waals surface area contributed by atoms with Crippen molar-refractivity contribution in [2.24, 2.45) is 0 Å². The van der Waals surface area contributed by atoms with Crippen LogP contribution in [0, 0.1) is 14.9 Å². The van der Waals surface area contributed by atoms with Crippen LogP contribution in [0.25, 0.3) is 0 Å². The number of nitriles is 1. The van der Waals surface area contributed by atoms with Gasteiger partial charge in [-0.2, -0.15) is 5.26 Å². The average Bonchev–Trinajstić information content (AvgIpc) is 2.20. The molecular formula is C9H5F4IN2O. The summed E-state index contributed by atoms with van der Waals surface area (Å²) >= 11 is 1.73. The Morgan fingerprint density at radius 2 is 2.12 bits per heavy atom. The van der Waals surface area contributed by atoms with E-state index in [2.05, 4.69) is 9.72 Å². The van der Waals surface area contributed by atoms with Crippen molar-refractivity contribution in [1.29, 1.82) is 5.26 Å². The van der Waals surface area contributed by atoms with Crippen LogP contribution >= 0.6 is 22.6 Å². The van der Waals surface area contributed by atoms with Crippen LogP contribution < -0.4 is 4.74 Å². The minimum atomic E-state index is -4.89. The van der Waals surface area contributed by atoms with Crippen LogP contribution in [-0.2, 0) is 13.1 Å². The number of hydrogen-bond donors (Lipinski definition) is 0. The number of alkyl halides is 4. The molecule has 0 saturated heterocycles. The summed E-state index contributed by atoms with van der Waals surface area (Å²) in [7, 11) is 0. The molecule has 0 bridgehead atoms. The highest BCUT2D eigenvalue weighted by Gasteiger charge is 2.32. The first kappa shape index (κ1) is 14.0. The lowest BCUT2D eigenvalue weighted by Crippen LogP contribution is -2.18. The van der Waals surface area contributed by atoms with Crippen LogP contribution in [0.3, 0.4) is 0 Å². The Labute approximate surface area is 108 Å². The maximum Gasteiger partial charge on any atom is 0.574 e. The third-order valence-electron chi connectivity index (χ3n) is 1.69. The van der Waals surface area contributed by atoms with Gasteiger partial charge < -0.3 is 4.74 Å². The predicted molar refractivity (Wildman–Crippen MR) is 57.8 cm³/mol. The fourth-order valence-electron chi connectivity index (χ4n) is 1.07. The van der Waals surface area contributed by atoms with Gasteiger partial charge in [0.15, 0.2) is 0 Å². The number of rotatable bonds is 3. The van der Waals surface area contributed by atoms with E-state index >= 15 is 0 Å². The molecule has 0 fully saturated rings. The molecule has 17 heavy (non-hydrogen) atoms. The minimum Gasteiger partial charge on any atom is -0.388 e. The third-order valence-corrected chi connectivity index (χ3v) is 3.00. The number of nitrogens with zero attached hydrogens (tertiary/aromatic N) is 2. The lowest BCUT2D eigenvalue weighted by atomic mass is 10.2. The second-order valence-electron chi connectivity index (χ2n) is 2.90. The smallest absolute Gasteiger partial charge is 0.388 e. The summed E-state index contributed by atoms with van der Waals surface area (Å²) in [4.78, 5) is 3.52. The van der Waals surface area contributed by atoms with E-state index in [0.29, 0.717) is 3.57 Å². The van der Waals surface area contributed by atoms with Gasteiger partial charge >= 0.3 is 6.36 Å². The highest BCUT2D eigenvalue weighted by molar-refractivity contribution is 14.1. The molecule has 0 aliphatic heterocycles. The van der Waals surface area contributed by atoms with Crippen molar-refractivity contribution in [3.8, 4) is 11.9 Å². The molecule has 0 aliphatic carbocycles. The number of ether oxygens (including phenoxy) is 1. The number of halogens is 5. The van der Waals surface area contributed by atoms with E-state index in [1.165, 1.54) is 0 Å². The highest BCUT2D eigenvalue weighted by atomic mass is 127. The van der Waals surface area contributed by atoms with Gasteiger partial charge in [0.25, 0.3) is 0 Å². The van der Waals surface area contributed by atoms with Gasteiger partial charge in [0.1, 0.15) is 6.67 Å². The zero-order chi connectivity index (χ0) is 13.1. The molecule has 0 saturated carbocycles. The third kappa shape index (κ3) is 3.99. The van der Waals surface area contributed by atoms with Crippen molar-refractivity contribution in [3.63, 3.8) is 0 Å².